The highest BCUT2D eigenvalue weighted by atomic mass is 19.1. The SMILES string of the molecule is [C-]#[N+]c1cnc(Nc2cc(-n3cnnn3)c(C3CC3)cc2F)nc1N[C@@H]1C[C@@H]2CCCN2C(C)(C)C1. The van der Waals surface area contributed by atoms with Crippen LogP contribution in [-0.2, 0) is 0 Å². The number of aromatic nitrogens is 6. The van der Waals surface area contributed by atoms with Gasteiger partial charge in [0.15, 0.2) is 0 Å². The van der Waals surface area contributed by atoms with Crippen molar-refractivity contribution in [1.29, 1.82) is 0 Å². The summed E-state index contributed by atoms with van der Waals surface area (Å²) in [6.07, 6.45) is 9.44. The van der Waals surface area contributed by atoms with Crippen molar-refractivity contribution in [3.05, 3.63) is 47.5 Å². The summed E-state index contributed by atoms with van der Waals surface area (Å²) in [5, 5.41) is 18.0. The van der Waals surface area contributed by atoms with Gasteiger partial charge in [-0.1, -0.05) is 0 Å². The molecule has 0 unspecified atom stereocenters. The van der Waals surface area contributed by atoms with E-state index in [0.717, 1.165) is 43.5 Å². The summed E-state index contributed by atoms with van der Waals surface area (Å²) in [4.78, 5) is 15.1. The highest BCUT2D eigenvalue weighted by Gasteiger charge is 2.43. The number of rotatable bonds is 6. The van der Waals surface area contributed by atoms with E-state index in [1.54, 1.807) is 16.8 Å². The molecule has 0 amide bonds. The van der Waals surface area contributed by atoms with E-state index in [-0.39, 0.29) is 23.2 Å². The van der Waals surface area contributed by atoms with Crippen LogP contribution in [0.5, 0.6) is 0 Å². The maximum Gasteiger partial charge on any atom is 0.246 e. The van der Waals surface area contributed by atoms with E-state index in [1.807, 2.05) is 0 Å². The largest absolute Gasteiger partial charge is 0.376 e. The molecule has 10 nitrogen and oxygen atoms in total. The molecular formula is C25H29FN10. The van der Waals surface area contributed by atoms with Crippen molar-refractivity contribution >= 4 is 23.1 Å². The van der Waals surface area contributed by atoms with Crippen LogP contribution in [0.2, 0.25) is 0 Å². The second-order valence-corrected chi connectivity index (χ2v) is 10.7. The predicted octanol–water partition coefficient (Wildman–Crippen LogP) is 4.58. The van der Waals surface area contributed by atoms with Crippen molar-refractivity contribution in [2.45, 2.75) is 75.9 Å². The van der Waals surface area contributed by atoms with Gasteiger partial charge in [-0.3, -0.25) is 4.90 Å². The summed E-state index contributed by atoms with van der Waals surface area (Å²) in [6.45, 7) is 13.3. The van der Waals surface area contributed by atoms with Crippen LogP contribution in [0.15, 0.2) is 24.7 Å². The minimum atomic E-state index is -0.392. The van der Waals surface area contributed by atoms with E-state index in [2.05, 4.69) is 59.7 Å². The van der Waals surface area contributed by atoms with Gasteiger partial charge in [-0.25, -0.2) is 23.9 Å². The lowest BCUT2D eigenvalue weighted by Gasteiger charge is -2.48. The van der Waals surface area contributed by atoms with Crippen LogP contribution in [-0.4, -0.2) is 59.2 Å². The molecule has 2 saturated heterocycles. The van der Waals surface area contributed by atoms with E-state index in [0.29, 0.717) is 23.5 Å². The Labute approximate surface area is 209 Å². The van der Waals surface area contributed by atoms with Crippen molar-refractivity contribution in [2.75, 3.05) is 17.2 Å². The van der Waals surface area contributed by atoms with E-state index in [4.69, 9.17) is 6.57 Å². The number of nitrogens with zero attached hydrogens (tertiary/aromatic N) is 8. The maximum atomic E-state index is 15.1. The molecule has 1 saturated carbocycles. The third-order valence-electron chi connectivity index (χ3n) is 7.66. The van der Waals surface area contributed by atoms with E-state index in [1.165, 1.54) is 25.4 Å². The first-order chi connectivity index (χ1) is 17.4. The Morgan fingerprint density at radius 1 is 1.22 bits per heavy atom. The number of nitrogens with one attached hydrogen (secondary N) is 2. The van der Waals surface area contributed by atoms with Crippen molar-refractivity contribution in [3.8, 4) is 5.69 Å². The number of hydrogen-bond acceptors (Lipinski definition) is 8. The zero-order valence-electron chi connectivity index (χ0n) is 20.4. The molecule has 6 rings (SSSR count). The zero-order chi connectivity index (χ0) is 24.9. The van der Waals surface area contributed by atoms with Gasteiger partial charge in [-0.15, -0.1) is 5.10 Å². The van der Waals surface area contributed by atoms with Crippen LogP contribution in [0, 0.1) is 12.4 Å². The molecule has 3 fully saturated rings. The van der Waals surface area contributed by atoms with Crippen molar-refractivity contribution in [3.63, 3.8) is 0 Å². The number of halogens is 1. The Hall–Kier alpha value is -3.65. The molecule has 0 bridgehead atoms. The highest BCUT2D eigenvalue weighted by molar-refractivity contribution is 5.68. The van der Waals surface area contributed by atoms with Crippen LogP contribution in [0.3, 0.4) is 0 Å². The van der Waals surface area contributed by atoms with Gasteiger partial charge in [0.2, 0.25) is 11.6 Å². The van der Waals surface area contributed by atoms with Gasteiger partial charge in [0.05, 0.1) is 17.9 Å². The predicted molar refractivity (Wildman–Crippen MR) is 133 cm³/mol. The van der Waals surface area contributed by atoms with E-state index >= 15 is 4.39 Å². The van der Waals surface area contributed by atoms with Crippen LogP contribution in [0.1, 0.15) is 63.9 Å². The van der Waals surface area contributed by atoms with Crippen molar-refractivity contribution < 1.29 is 4.39 Å². The van der Waals surface area contributed by atoms with Crippen LogP contribution in [0.4, 0.5) is 27.5 Å². The molecule has 186 valence electrons. The Bertz CT molecular complexity index is 1310. The fraction of sp³-hybridized carbons (Fsp3) is 0.520. The summed E-state index contributed by atoms with van der Waals surface area (Å²) in [5.74, 6) is 0.624. The molecular weight excluding hydrogens is 459 g/mol. The lowest BCUT2D eigenvalue weighted by molar-refractivity contribution is 0.0501. The van der Waals surface area contributed by atoms with E-state index < -0.39 is 5.82 Å². The minimum Gasteiger partial charge on any atom is -0.376 e. The molecule has 0 radical (unpaired) electrons. The maximum absolute atomic E-state index is 15.1. The average Bonchev–Trinajstić information content (AvgIpc) is 3.32. The average molecular weight is 489 g/mol. The second-order valence-electron chi connectivity index (χ2n) is 10.7. The van der Waals surface area contributed by atoms with Gasteiger partial charge in [0, 0.05) is 23.8 Å². The molecule has 4 heterocycles. The summed E-state index contributed by atoms with van der Waals surface area (Å²) in [5.41, 5.74) is 2.28. The summed E-state index contributed by atoms with van der Waals surface area (Å²) in [6, 6.07) is 3.98. The number of anilines is 3. The summed E-state index contributed by atoms with van der Waals surface area (Å²) in [7, 11) is 0. The van der Waals surface area contributed by atoms with Gasteiger partial charge in [-0.05, 0) is 93.0 Å². The van der Waals surface area contributed by atoms with E-state index in [9.17, 15) is 0 Å². The Balaban J connectivity index is 1.27. The number of tetrazole rings is 1. The first-order valence-electron chi connectivity index (χ1n) is 12.5. The van der Waals surface area contributed by atoms with Crippen LogP contribution in [0.25, 0.3) is 10.5 Å². The van der Waals surface area contributed by atoms with Gasteiger partial charge in [-0.2, -0.15) is 0 Å². The third kappa shape index (κ3) is 4.26. The summed E-state index contributed by atoms with van der Waals surface area (Å²) >= 11 is 0. The van der Waals surface area contributed by atoms with Crippen LogP contribution >= 0.6 is 0 Å². The highest BCUT2D eigenvalue weighted by Crippen LogP contribution is 2.44. The monoisotopic (exact) mass is 488 g/mol. The quantitative estimate of drug-likeness (QED) is 0.486. The first-order valence-corrected chi connectivity index (χ1v) is 12.5. The number of piperidine rings is 1. The normalized spacial score (nSPS) is 23.2. The Kier molecular flexibility index (Phi) is 5.56. The lowest BCUT2D eigenvalue weighted by atomic mass is 9.84. The molecule has 1 aromatic carbocycles. The summed E-state index contributed by atoms with van der Waals surface area (Å²) < 4.78 is 16.7. The fourth-order valence-electron chi connectivity index (χ4n) is 5.92. The van der Waals surface area contributed by atoms with Crippen LogP contribution < -0.4 is 10.6 Å². The Morgan fingerprint density at radius 3 is 2.83 bits per heavy atom. The molecule has 2 atom stereocenters. The molecule has 2 aliphatic heterocycles. The number of hydrogen-bond donors (Lipinski definition) is 2. The first kappa shape index (κ1) is 22.8. The number of fused-ring (bicyclic) bond motifs is 1. The standard InChI is InChI=1S/C25H29FN10/c1-25(2)12-16(9-17-5-4-8-35(17)25)30-23-21(27-3)13-28-24(32-23)31-20-11-22(36-14-29-33-34-36)18(10-19(20)26)15-6-7-15/h10-11,13-17H,4-9,12H2,1-2H3,(H2,28,30,31,32)/t16-,17+/m1/s1. The number of benzene rings is 1. The molecule has 1 aliphatic carbocycles. The lowest BCUT2D eigenvalue weighted by Crippen LogP contribution is -2.55. The topological polar surface area (TPSA) is 101 Å². The molecule has 3 aliphatic rings. The van der Waals surface area contributed by atoms with Gasteiger partial charge in [0.1, 0.15) is 18.0 Å². The Morgan fingerprint density at radius 2 is 2.08 bits per heavy atom. The minimum absolute atomic E-state index is 0.0858. The third-order valence-corrected chi connectivity index (χ3v) is 7.66. The molecule has 2 aromatic heterocycles. The van der Waals surface area contributed by atoms with Gasteiger partial charge in [0.25, 0.3) is 0 Å². The van der Waals surface area contributed by atoms with Crippen molar-refractivity contribution in [2.24, 2.45) is 0 Å². The molecule has 11 heteroatoms. The van der Waals surface area contributed by atoms with Gasteiger partial charge >= 0.3 is 0 Å². The molecule has 36 heavy (non-hydrogen) atoms. The fourth-order valence-corrected chi connectivity index (χ4v) is 5.92. The second kappa shape index (κ2) is 8.78. The molecule has 3 aromatic rings. The molecule has 2 N–H and O–H groups in total. The van der Waals surface area contributed by atoms with Gasteiger partial charge < -0.3 is 10.6 Å². The molecule has 0 spiro atoms. The smallest absolute Gasteiger partial charge is 0.246 e. The van der Waals surface area contributed by atoms with Crippen molar-refractivity contribution in [1.82, 2.24) is 35.1 Å². The zero-order valence-corrected chi connectivity index (χ0v) is 20.4.